The van der Waals surface area contributed by atoms with E-state index >= 15 is 0 Å². The van der Waals surface area contributed by atoms with Crippen LogP contribution in [0.3, 0.4) is 0 Å². The van der Waals surface area contributed by atoms with Crippen LogP contribution in [-0.2, 0) is 25.5 Å². The van der Waals surface area contributed by atoms with Crippen molar-refractivity contribution in [2.24, 2.45) is 5.92 Å². The normalized spacial score (nSPS) is 21.3. The third kappa shape index (κ3) is 8.77. The van der Waals surface area contributed by atoms with Crippen molar-refractivity contribution in [2.45, 2.75) is 89.9 Å². The Labute approximate surface area is 184 Å². The van der Waals surface area contributed by atoms with Crippen LogP contribution in [0, 0.1) is 5.92 Å². The topological polar surface area (TPSA) is 102 Å². The third-order valence-electron chi connectivity index (χ3n) is 5.86. The Bertz CT molecular complexity index is 718. The number of carbonyl (C=O) groups excluding carboxylic acids is 2. The number of benzene rings is 1. The molecule has 0 saturated heterocycles. The molecule has 31 heavy (non-hydrogen) atoms. The SMILES string of the molecule is COc1cc(CC[C@H](C[C@@H](OC(C)=O)[C@H]2CCCCC[C@H](O)C2)OC(C)=O)ccc1O. The summed E-state index contributed by atoms with van der Waals surface area (Å²) in [5.74, 6) is -0.256. The molecule has 1 aromatic rings. The van der Waals surface area contributed by atoms with Crippen LogP contribution in [0.1, 0.15) is 70.8 Å². The van der Waals surface area contributed by atoms with Gasteiger partial charge in [0.25, 0.3) is 0 Å². The molecule has 2 rings (SSSR count). The molecule has 7 heteroatoms. The van der Waals surface area contributed by atoms with E-state index in [-0.39, 0.29) is 23.6 Å². The highest BCUT2D eigenvalue weighted by Crippen LogP contribution is 2.31. The highest BCUT2D eigenvalue weighted by Gasteiger charge is 2.31. The van der Waals surface area contributed by atoms with Crippen LogP contribution in [0.15, 0.2) is 18.2 Å². The first-order valence-electron chi connectivity index (χ1n) is 11.2. The van der Waals surface area contributed by atoms with E-state index in [2.05, 4.69) is 0 Å². The largest absolute Gasteiger partial charge is 0.504 e. The van der Waals surface area contributed by atoms with Gasteiger partial charge in [0.1, 0.15) is 12.2 Å². The third-order valence-corrected chi connectivity index (χ3v) is 5.86. The number of carbonyl (C=O) groups is 2. The number of methoxy groups -OCH3 is 1. The maximum Gasteiger partial charge on any atom is 0.302 e. The van der Waals surface area contributed by atoms with Gasteiger partial charge in [0.05, 0.1) is 13.2 Å². The Morgan fingerprint density at radius 3 is 2.48 bits per heavy atom. The molecule has 7 nitrogen and oxygen atoms in total. The summed E-state index contributed by atoms with van der Waals surface area (Å²) in [6.45, 7) is 2.76. The van der Waals surface area contributed by atoms with Gasteiger partial charge in [-0.05, 0) is 55.7 Å². The van der Waals surface area contributed by atoms with E-state index in [1.54, 1.807) is 18.2 Å². The molecule has 0 spiro atoms. The predicted molar refractivity (Wildman–Crippen MR) is 116 cm³/mol. The van der Waals surface area contributed by atoms with Crippen molar-refractivity contribution in [1.82, 2.24) is 0 Å². The van der Waals surface area contributed by atoms with E-state index in [9.17, 15) is 19.8 Å². The summed E-state index contributed by atoms with van der Waals surface area (Å²) in [4.78, 5) is 23.5. The van der Waals surface area contributed by atoms with Crippen molar-refractivity contribution in [1.29, 1.82) is 0 Å². The zero-order valence-corrected chi connectivity index (χ0v) is 18.8. The lowest BCUT2D eigenvalue weighted by molar-refractivity contribution is -0.156. The standard InChI is InChI=1S/C24H36O7/c1-16(25)30-21(11-9-18-10-12-22(28)24(13-18)29-3)15-23(31-17(2)26)19-7-5-4-6-8-20(27)14-19/h10,12-13,19-21,23,27-28H,4-9,11,14-15H2,1-3H3/t19-,20-,21+,23+/m0/s1. The van der Waals surface area contributed by atoms with Gasteiger partial charge in [-0.25, -0.2) is 0 Å². The Hall–Kier alpha value is -2.28. The Morgan fingerprint density at radius 2 is 1.81 bits per heavy atom. The molecule has 0 aromatic heterocycles. The molecule has 1 aromatic carbocycles. The molecule has 0 heterocycles. The summed E-state index contributed by atoms with van der Waals surface area (Å²) in [7, 11) is 1.49. The number of rotatable bonds is 9. The maximum absolute atomic E-state index is 11.8. The van der Waals surface area contributed by atoms with Gasteiger partial charge in [0, 0.05) is 20.3 Å². The fraction of sp³-hybridized carbons (Fsp3) is 0.667. The minimum absolute atomic E-state index is 0.0334. The monoisotopic (exact) mass is 436 g/mol. The molecular weight excluding hydrogens is 400 g/mol. The molecule has 1 aliphatic rings. The lowest BCUT2D eigenvalue weighted by atomic mass is 9.83. The number of aryl methyl sites for hydroxylation is 1. The number of aliphatic hydroxyl groups is 1. The number of esters is 2. The summed E-state index contributed by atoms with van der Waals surface area (Å²) < 4.78 is 16.4. The van der Waals surface area contributed by atoms with Crippen LogP contribution < -0.4 is 4.74 Å². The minimum Gasteiger partial charge on any atom is -0.504 e. The van der Waals surface area contributed by atoms with Crippen molar-refractivity contribution in [3.63, 3.8) is 0 Å². The Morgan fingerprint density at radius 1 is 1.10 bits per heavy atom. The molecule has 4 atom stereocenters. The lowest BCUT2D eigenvalue weighted by Crippen LogP contribution is -2.34. The van der Waals surface area contributed by atoms with Gasteiger partial charge < -0.3 is 24.4 Å². The molecule has 0 unspecified atom stereocenters. The van der Waals surface area contributed by atoms with E-state index in [0.717, 1.165) is 37.7 Å². The quantitative estimate of drug-likeness (QED) is 0.566. The average molecular weight is 437 g/mol. The Balaban J connectivity index is 2.11. The van der Waals surface area contributed by atoms with E-state index in [1.165, 1.54) is 21.0 Å². The molecule has 2 N–H and O–H groups in total. The van der Waals surface area contributed by atoms with Gasteiger partial charge in [-0.3, -0.25) is 9.59 Å². The van der Waals surface area contributed by atoms with E-state index in [0.29, 0.717) is 31.4 Å². The van der Waals surface area contributed by atoms with Crippen LogP contribution in [-0.4, -0.2) is 47.6 Å². The molecule has 174 valence electrons. The molecule has 0 radical (unpaired) electrons. The van der Waals surface area contributed by atoms with E-state index in [4.69, 9.17) is 14.2 Å². The molecule has 0 bridgehead atoms. The minimum atomic E-state index is -0.427. The number of hydrogen-bond acceptors (Lipinski definition) is 7. The molecule has 0 amide bonds. The highest BCUT2D eigenvalue weighted by molar-refractivity contribution is 5.66. The van der Waals surface area contributed by atoms with Crippen LogP contribution in [0.2, 0.25) is 0 Å². The second kappa shape index (κ2) is 12.5. The Kier molecular flexibility index (Phi) is 10.1. The number of aromatic hydroxyl groups is 1. The number of hydrogen-bond donors (Lipinski definition) is 2. The summed E-state index contributed by atoms with van der Waals surface area (Å²) in [6, 6.07) is 5.14. The van der Waals surface area contributed by atoms with E-state index in [1.807, 2.05) is 0 Å². The number of ether oxygens (including phenoxy) is 3. The van der Waals surface area contributed by atoms with Gasteiger partial charge in [-0.1, -0.05) is 25.3 Å². The maximum atomic E-state index is 11.8. The average Bonchev–Trinajstić information content (AvgIpc) is 2.68. The smallest absolute Gasteiger partial charge is 0.302 e. The van der Waals surface area contributed by atoms with Crippen molar-refractivity contribution >= 4 is 11.9 Å². The predicted octanol–water partition coefficient (Wildman–Crippen LogP) is 3.92. The first-order chi connectivity index (χ1) is 14.8. The summed E-state index contributed by atoms with van der Waals surface area (Å²) in [6.07, 6.45) is 5.61. The van der Waals surface area contributed by atoms with Gasteiger partial charge in [0.2, 0.25) is 0 Å². The first kappa shape index (κ1) is 25.0. The molecule has 1 saturated carbocycles. The van der Waals surface area contributed by atoms with Crippen LogP contribution in [0.25, 0.3) is 0 Å². The summed E-state index contributed by atoms with van der Waals surface area (Å²) in [5, 5.41) is 20.1. The van der Waals surface area contributed by atoms with E-state index < -0.39 is 18.3 Å². The number of aliphatic hydroxyl groups excluding tert-OH is 1. The first-order valence-corrected chi connectivity index (χ1v) is 11.2. The molecule has 0 aliphatic heterocycles. The second-order valence-electron chi connectivity index (χ2n) is 8.45. The van der Waals surface area contributed by atoms with Gasteiger partial charge in [0.15, 0.2) is 11.5 Å². The molecule has 1 aliphatic carbocycles. The molecular formula is C24H36O7. The zero-order valence-electron chi connectivity index (χ0n) is 18.8. The van der Waals surface area contributed by atoms with Crippen molar-refractivity contribution in [2.75, 3.05) is 7.11 Å². The lowest BCUT2D eigenvalue weighted by Gasteiger charge is -2.32. The van der Waals surface area contributed by atoms with Crippen molar-refractivity contribution < 1.29 is 34.0 Å². The zero-order chi connectivity index (χ0) is 22.8. The highest BCUT2D eigenvalue weighted by atomic mass is 16.6. The number of phenolic OH excluding ortho intramolecular Hbond substituents is 1. The summed E-state index contributed by atoms with van der Waals surface area (Å²) >= 11 is 0. The van der Waals surface area contributed by atoms with Crippen LogP contribution in [0.4, 0.5) is 0 Å². The fourth-order valence-corrected chi connectivity index (χ4v) is 4.36. The van der Waals surface area contributed by atoms with Crippen LogP contribution in [0.5, 0.6) is 11.5 Å². The molecule has 1 fully saturated rings. The van der Waals surface area contributed by atoms with Gasteiger partial charge in [-0.2, -0.15) is 0 Å². The second-order valence-corrected chi connectivity index (χ2v) is 8.45. The number of phenols is 1. The van der Waals surface area contributed by atoms with Gasteiger partial charge in [-0.15, -0.1) is 0 Å². The summed E-state index contributed by atoms with van der Waals surface area (Å²) in [5.41, 5.74) is 0.942. The van der Waals surface area contributed by atoms with Crippen molar-refractivity contribution in [3.8, 4) is 11.5 Å². The fourth-order valence-electron chi connectivity index (χ4n) is 4.36. The van der Waals surface area contributed by atoms with Crippen LogP contribution >= 0.6 is 0 Å². The van der Waals surface area contributed by atoms with Gasteiger partial charge >= 0.3 is 11.9 Å². The van der Waals surface area contributed by atoms with Crippen molar-refractivity contribution in [3.05, 3.63) is 23.8 Å².